The SMILES string of the molecule is N#Cc1[nH]nnc1-c1cc(-c2ccc(C(F)(F)F)cn2)ccc1OC1CCC1. The van der Waals surface area contributed by atoms with Crippen molar-refractivity contribution < 1.29 is 17.9 Å². The van der Waals surface area contributed by atoms with E-state index in [4.69, 9.17) is 4.74 Å². The van der Waals surface area contributed by atoms with E-state index in [-0.39, 0.29) is 11.8 Å². The van der Waals surface area contributed by atoms with Crippen molar-refractivity contribution in [2.24, 2.45) is 0 Å². The van der Waals surface area contributed by atoms with E-state index in [2.05, 4.69) is 20.4 Å². The Labute approximate surface area is 158 Å². The van der Waals surface area contributed by atoms with E-state index in [0.717, 1.165) is 31.5 Å². The van der Waals surface area contributed by atoms with Gasteiger partial charge in [0.2, 0.25) is 0 Å². The quantitative estimate of drug-likeness (QED) is 0.721. The van der Waals surface area contributed by atoms with Crippen molar-refractivity contribution in [3.63, 3.8) is 0 Å². The number of ether oxygens (including phenoxy) is 1. The summed E-state index contributed by atoms with van der Waals surface area (Å²) >= 11 is 0. The second-order valence-corrected chi connectivity index (χ2v) is 6.46. The molecule has 6 nitrogen and oxygen atoms in total. The molecule has 2 heterocycles. The monoisotopic (exact) mass is 385 g/mol. The maximum Gasteiger partial charge on any atom is 0.417 e. The van der Waals surface area contributed by atoms with Gasteiger partial charge in [-0.15, -0.1) is 5.10 Å². The lowest BCUT2D eigenvalue weighted by atomic mass is 9.95. The van der Waals surface area contributed by atoms with E-state index in [1.807, 2.05) is 6.07 Å². The van der Waals surface area contributed by atoms with Crippen LogP contribution >= 0.6 is 0 Å². The Morgan fingerprint density at radius 2 is 2.00 bits per heavy atom. The highest BCUT2D eigenvalue weighted by molar-refractivity contribution is 5.76. The van der Waals surface area contributed by atoms with Crippen LogP contribution in [-0.2, 0) is 6.18 Å². The lowest BCUT2D eigenvalue weighted by molar-refractivity contribution is -0.137. The Balaban J connectivity index is 1.75. The third-order valence-electron chi connectivity index (χ3n) is 4.63. The van der Waals surface area contributed by atoms with Crippen molar-refractivity contribution in [2.45, 2.75) is 31.5 Å². The molecular weight excluding hydrogens is 371 g/mol. The van der Waals surface area contributed by atoms with E-state index < -0.39 is 11.7 Å². The molecule has 4 rings (SSSR count). The lowest BCUT2D eigenvalue weighted by Gasteiger charge is -2.27. The average Bonchev–Trinajstić information content (AvgIpc) is 3.13. The number of nitriles is 1. The van der Waals surface area contributed by atoms with Crippen LogP contribution in [0.2, 0.25) is 0 Å². The van der Waals surface area contributed by atoms with Crippen LogP contribution < -0.4 is 4.74 Å². The van der Waals surface area contributed by atoms with Gasteiger partial charge in [-0.2, -0.15) is 18.4 Å². The number of pyridine rings is 1. The highest BCUT2D eigenvalue weighted by Gasteiger charge is 2.30. The van der Waals surface area contributed by atoms with Gasteiger partial charge in [0, 0.05) is 17.3 Å². The molecule has 3 aromatic rings. The molecule has 0 unspecified atom stereocenters. The number of hydrogen-bond donors (Lipinski definition) is 1. The number of rotatable bonds is 4. The number of halogens is 3. The van der Waals surface area contributed by atoms with Crippen molar-refractivity contribution in [1.29, 1.82) is 5.26 Å². The van der Waals surface area contributed by atoms with Gasteiger partial charge in [-0.25, -0.2) is 5.10 Å². The highest BCUT2D eigenvalue weighted by Crippen LogP contribution is 2.37. The number of nitrogens with one attached hydrogen (secondary N) is 1. The number of aromatic amines is 1. The van der Waals surface area contributed by atoms with E-state index in [1.165, 1.54) is 6.07 Å². The van der Waals surface area contributed by atoms with Crippen LogP contribution in [0.25, 0.3) is 22.5 Å². The summed E-state index contributed by atoms with van der Waals surface area (Å²) in [6.07, 6.45) is -0.548. The first-order valence-electron chi connectivity index (χ1n) is 8.61. The standard InChI is InChI=1S/C19H14F3N5O/c20-19(21,22)12-5-6-15(24-10-12)11-4-7-17(28-13-2-1-3-13)14(8-11)18-16(9-23)25-27-26-18/h4-8,10,13H,1-3H2,(H,25,26,27). The molecule has 0 amide bonds. The van der Waals surface area contributed by atoms with Crippen LogP contribution in [0.1, 0.15) is 30.5 Å². The average molecular weight is 385 g/mol. The molecule has 0 atom stereocenters. The fourth-order valence-corrected chi connectivity index (χ4v) is 2.87. The van der Waals surface area contributed by atoms with Gasteiger partial charge < -0.3 is 4.74 Å². The fourth-order valence-electron chi connectivity index (χ4n) is 2.87. The maximum atomic E-state index is 12.8. The third-order valence-corrected chi connectivity index (χ3v) is 4.63. The summed E-state index contributed by atoms with van der Waals surface area (Å²) < 4.78 is 44.3. The van der Waals surface area contributed by atoms with Crippen LogP contribution in [0.15, 0.2) is 36.5 Å². The molecule has 0 bridgehead atoms. The molecule has 0 spiro atoms. The molecule has 0 saturated heterocycles. The summed E-state index contributed by atoms with van der Waals surface area (Å²) in [6, 6.07) is 9.42. The number of alkyl halides is 3. The molecule has 1 aliphatic rings. The van der Waals surface area contributed by atoms with Crippen molar-refractivity contribution in [3.05, 3.63) is 47.8 Å². The first-order chi connectivity index (χ1) is 13.5. The first-order valence-corrected chi connectivity index (χ1v) is 8.61. The molecule has 1 aromatic carbocycles. The molecule has 142 valence electrons. The fraction of sp³-hybridized carbons (Fsp3) is 0.263. The molecule has 1 fully saturated rings. The van der Waals surface area contributed by atoms with Gasteiger partial charge in [-0.05, 0) is 49.6 Å². The molecule has 0 aliphatic heterocycles. The zero-order chi connectivity index (χ0) is 19.7. The minimum Gasteiger partial charge on any atom is -0.490 e. The normalized spacial score (nSPS) is 14.4. The Morgan fingerprint density at radius 1 is 1.18 bits per heavy atom. The summed E-state index contributed by atoms with van der Waals surface area (Å²) in [5, 5.41) is 19.4. The molecule has 1 aliphatic carbocycles. The van der Waals surface area contributed by atoms with Gasteiger partial charge in [0.15, 0.2) is 5.69 Å². The smallest absolute Gasteiger partial charge is 0.417 e. The summed E-state index contributed by atoms with van der Waals surface area (Å²) in [5.74, 6) is 0.547. The number of hydrogen-bond acceptors (Lipinski definition) is 5. The summed E-state index contributed by atoms with van der Waals surface area (Å²) in [7, 11) is 0. The Kier molecular flexibility index (Phi) is 4.47. The Morgan fingerprint density at radius 3 is 2.61 bits per heavy atom. The van der Waals surface area contributed by atoms with E-state index in [1.54, 1.807) is 18.2 Å². The van der Waals surface area contributed by atoms with Gasteiger partial charge in [0.05, 0.1) is 17.4 Å². The van der Waals surface area contributed by atoms with Gasteiger partial charge >= 0.3 is 6.18 Å². The topological polar surface area (TPSA) is 87.5 Å². The Hall–Kier alpha value is -3.41. The van der Waals surface area contributed by atoms with Crippen LogP contribution in [0.5, 0.6) is 5.75 Å². The molecule has 0 radical (unpaired) electrons. The second-order valence-electron chi connectivity index (χ2n) is 6.46. The molecule has 28 heavy (non-hydrogen) atoms. The van der Waals surface area contributed by atoms with Gasteiger partial charge in [0.25, 0.3) is 0 Å². The Bertz CT molecular complexity index is 1030. The number of nitrogens with zero attached hydrogens (tertiary/aromatic N) is 4. The number of H-pyrrole nitrogens is 1. The molecule has 1 N–H and O–H groups in total. The van der Waals surface area contributed by atoms with Crippen molar-refractivity contribution in [3.8, 4) is 34.3 Å². The molecular formula is C19H14F3N5O. The summed E-state index contributed by atoms with van der Waals surface area (Å²) in [4.78, 5) is 3.93. The minimum atomic E-state index is -4.44. The zero-order valence-electron chi connectivity index (χ0n) is 14.5. The van der Waals surface area contributed by atoms with Crippen LogP contribution in [0, 0.1) is 11.3 Å². The molecule has 9 heteroatoms. The number of benzene rings is 1. The first kappa shape index (κ1) is 18.0. The van der Waals surface area contributed by atoms with Crippen molar-refractivity contribution >= 4 is 0 Å². The number of aromatic nitrogens is 4. The lowest BCUT2D eigenvalue weighted by Crippen LogP contribution is -2.24. The minimum absolute atomic E-state index is 0.103. The summed E-state index contributed by atoms with van der Waals surface area (Å²) in [5.41, 5.74) is 1.17. The van der Waals surface area contributed by atoms with E-state index >= 15 is 0 Å². The predicted molar refractivity (Wildman–Crippen MR) is 93.0 cm³/mol. The predicted octanol–water partition coefficient (Wildman–Crippen LogP) is 4.36. The maximum absolute atomic E-state index is 12.8. The van der Waals surface area contributed by atoms with Crippen LogP contribution in [-0.4, -0.2) is 26.5 Å². The van der Waals surface area contributed by atoms with Crippen LogP contribution in [0.3, 0.4) is 0 Å². The summed E-state index contributed by atoms with van der Waals surface area (Å²) in [6.45, 7) is 0. The molecule has 2 aromatic heterocycles. The van der Waals surface area contributed by atoms with E-state index in [0.29, 0.717) is 28.3 Å². The van der Waals surface area contributed by atoms with Gasteiger partial charge in [-0.1, -0.05) is 5.21 Å². The van der Waals surface area contributed by atoms with Crippen molar-refractivity contribution in [1.82, 2.24) is 20.4 Å². The van der Waals surface area contributed by atoms with Gasteiger partial charge in [0.1, 0.15) is 17.5 Å². The highest BCUT2D eigenvalue weighted by atomic mass is 19.4. The molecule has 1 saturated carbocycles. The van der Waals surface area contributed by atoms with Crippen LogP contribution in [0.4, 0.5) is 13.2 Å². The largest absolute Gasteiger partial charge is 0.490 e. The third kappa shape index (κ3) is 3.41. The van der Waals surface area contributed by atoms with Gasteiger partial charge in [-0.3, -0.25) is 4.98 Å². The zero-order valence-corrected chi connectivity index (χ0v) is 14.5. The van der Waals surface area contributed by atoms with E-state index in [9.17, 15) is 18.4 Å². The second kappa shape index (κ2) is 6.96. The van der Waals surface area contributed by atoms with Crippen molar-refractivity contribution in [2.75, 3.05) is 0 Å².